The maximum Gasteiger partial charge on any atom is 0.368 e. The van der Waals surface area contributed by atoms with Gasteiger partial charge < -0.3 is 4.65 Å². The Morgan fingerprint density at radius 2 is 2.17 bits per heavy atom. The molecule has 0 bridgehead atoms. The summed E-state index contributed by atoms with van der Waals surface area (Å²) in [6.07, 6.45) is 0.266. The molecule has 6 heavy (non-hydrogen) atoms. The monoisotopic (exact) mass is 103 g/mol. The molecule has 0 fully saturated rings. The average molecular weight is 103 g/mol. The maximum absolute atomic E-state index is 4.78. The van der Waals surface area contributed by atoms with Crippen molar-refractivity contribution in [3.8, 4) is 0 Å². The van der Waals surface area contributed by atoms with Gasteiger partial charge in [-0.15, -0.1) is 0 Å². The summed E-state index contributed by atoms with van der Waals surface area (Å²) in [5, 5.41) is 0. The lowest BCUT2D eigenvalue weighted by atomic mass is 10.4. The topological polar surface area (TPSA) is 9.23 Å². The van der Waals surface area contributed by atoms with Crippen LogP contribution in [-0.4, -0.2) is 12.9 Å². The van der Waals surface area contributed by atoms with E-state index >= 15 is 0 Å². The molecule has 0 rings (SSSR count). The maximum atomic E-state index is 4.78. The molecule has 0 amide bonds. The van der Waals surface area contributed by atoms with Crippen molar-refractivity contribution < 1.29 is 4.65 Å². The molecule has 3 heteroatoms. The lowest BCUT2D eigenvalue weighted by Crippen LogP contribution is -2.01. The van der Waals surface area contributed by atoms with Gasteiger partial charge in [0, 0.05) is 6.10 Å². The molecule has 1 radical (unpaired) electrons. The molecule has 0 N–H and O–H groups in total. The van der Waals surface area contributed by atoms with Crippen molar-refractivity contribution in [2.75, 3.05) is 0 Å². The fourth-order valence-electron chi connectivity index (χ4n) is 0.122. The van der Waals surface area contributed by atoms with Gasteiger partial charge in [-0.3, -0.25) is 0 Å². The summed E-state index contributed by atoms with van der Waals surface area (Å²) in [6, 6.07) is 0. The highest BCUT2D eigenvalue weighted by Gasteiger charge is 1.86. The Bertz CT molecular complexity index is 32.0. The summed E-state index contributed by atoms with van der Waals surface area (Å²) < 4.78 is 4.78. The summed E-state index contributed by atoms with van der Waals surface area (Å²) in [7, 11) is 0. The van der Waals surface area contributed by atoms with Gasteiger partial charge in [0.2, 0.25) is 0 Å². The van der Waals surface area contributed by atoms with Gasteiger partial charge >= 0.3 is 6.76 Å². The van der Waals surface area contributed by atoms with E-state index in [1.54, 1.807) is 0 Å². The lowest BCUT2D eigenvalue weighted by Gasteiger charge is -1.99. The van der Waals surface area contributed by atoms with Crippen molar-refractivity contribution in [1.29, 1.82) is 0 Å². The zero-order valence-corrected chi connectivity index (χ0v) is 4.90. The molecule has 0 saturated carbocycles. The Labute approximate surface area is 44.7 Å². The van der Waals surface area contributed by atoms with Gasteiger partial charge in [-0.05, 0) is 13.8 Å². The summed E-state index contributed by atoms with van der Waals surface area (Å²) in [5.41, 5.74) is 0. The van der Waals surface area contributed by atoms with E-state index in [0.29, 0.717) is 0 Å². The van der Waals surface area contributed by atoms with Crippen LogP contribution in [0.25, 0.3) is 0 Å². The first-order chi connectivity index (χ1) is 2.77. The molecule has 0 aromatic carbocycles. The molecule has 0 spiro atoms. The van der Waals surface area contributed by atoms with Gasteiger partial charge in [0.25, 0.3) is 0 Å². The Balaban J connectivity index is 2.63. The van der Waals surface area contributed by atoms with Gasteiger partial charge in [-0.25, -0.2) is 0 Å². The quantitative estimate of drug-likeness (QED) is 0.403. The third-order valence-corrected chi connectivity index (χ3v) is 0.455. The largest absolute Gasteiger partial charge is 0.427 e. The molecule has 0 aliphatic carbocycles. The second kappa shape index (κ2) is 3.56. The van der Waals surface area contributed by atoms with E-state index in [1.165, 1.54) is 6.76 Å². The van der Waals surface area contributed by atoms with Crippen molar-refractivity contribution in [3.05, 3.63) is 0 Å². The Morgan fingerprint density at radius 3 is 2.17 bits per heavy atom. The van der Waals surface area contributed by atoms with Crippen LogP contribution in [0, 0.1) is 0 Å². The van der Waals surface area contributed by atoms with Crippen LogP contribution in [0.15, 0.2) is 0 Å². The van der Waals surface area contributed by atoms with Crippen LogP contribution in [0.2, 0.25) is 0 Å². The Kier molecular flexibility index (Phi) is 3.78. The molecular formula is C3H8BOS. The fraction of sp³-hybridized carbons (Fsp3) is 1.00. The molecule has 0 aromatic rings. The van der Waals surface area contributed by atoms with E-state index in [4.69, 9.17) is 4.65 Å². The second-order valence-electron chi connectivity index (χ2n) is 1.29. The third-order valence-electron chi connectivity index (χ3n) is 0.333. The van der Waals surface area contributed by atoms with Crippen molar-refractivity contribution in [1.82, 2.24) is 0 Å². The summed E-state index contributed by atoms with van der Waals surface area (Å²) >= 11 is 3.71. The van der Waals surface area contributed by atoms with Crippen LogP contribution < -0.4 is 0 Å². The van der Waals surface area contributed by atoms with Crippen molar-refractivity contribution in [2.45, 2.75) is 20.0 Å². The third kappa shape index (κ3) is 4.37. The average Bonchev–Trinajstić information content (AvgIpc) is 1.35. The Morgan fingerprint density at radius 1 is 1.67 bits per heavy atom. The predicted molar refractivity (Wildman–Crippen MR) is 31.0 cm³/mol. The minimum atomic E-state index is 0.266. The van der Waals surface area contributed by atoms with Gasteiger partial charge in [-0.2, -0.15) is 12.5 Å². The molecular weight excluding hydrogens is 94.9 g/mol. The highest BCUT2D eigenvalue weighted by Crippen LogP contribution is 1.84. The highest BCUT2D eigenvalue weighted by molar-refractivity contribution is 8.06. The van der Waals surface area contributed by atoms with E-state index < -0.39 is 0 Å². The van der Waals surface area contributed by atoms with Crippen LogP contribution in [-0.2, 0) is 4.65 Å². The van der Waals surface area contributed by atoms with E-state index in [0.717, 1.165) is 0 Å². The minimum Gasteiger partial charge on any atom is -0.427 e. The molecule has 0 heterocycles. The van der Waals surface area contributed by atoms with Gasteiger partial charge in [0.15, 0.2) is 0 Å². The van der Waals surface area contributed by atoms with Crippen molar-refractivity contribution >= 4 is 19.2 Å². The molecule has 0 aromatic heterocycles. The van der Waals surface area contributed by atoms with Gasteiger partial charge in [-0.1, -0.05) is 0 Å². The first-order valence-electron chi connectivity index (χ1n) is 1.88. The smallest absolute Gasteiger partial charge is 0.368 e. The van der Waals surface area contributed by atoms with E-state index in [9.17, 15) is 0 Å². The van der Waals surface area contributed by atoms with E-state index in [-0.39, 0.29) is 6.10 Å². The number of hydrogen-bond donors (Lipinski definition) is 1. The molecule has 0 atom stereocenters. The van der Waals surface area contributed by atoms with Crippen LogP contribution in [0.5, 0.6) is 0 Å². The first-order valence-corrected chi connectivity index (χ1v) is 2.40. The number of rotatable bonds is 2. The fourth-order valence-corrected chi connectivity index (χ4v) is 0.365. The van der Waals surface area contributed by atoms with Crippen LogP contribution >= 0.6 is 12.5 Å². The van der Waals surface area contributed by atoms with Crippen molar-refractivity contribution in [2.24, 2.45) is 0 Å². The SMILES string of the molecule is CC(C)O[B]S. The predicted octanol–water partition coefficient (Wildman–Crippen LogP) is 0.875. The zero-order chi connectivity index (χ0) is 4.99. The minimum absolute atomic E-state index is 0.266. The number of hydrogen-bond acceptors (Lipinski definition) is 2. The number of thiol groups is 1. The Hall–Kier alpha value is 0.375. The normalized spacial score (nSPS) is 9.33. The second-order valence-corrected chi connectivity index (χ2v) is 1.50. The van der Waals surface area contributed by atoms with Gasteiger partial charge in [0.05, 0.1) is 0 Å². The summed E-state index contributed by atoms with van der Waals surface area (Å²) in [5.74, 6) is 0. The lowest BCUT2D eigenvalue weighted by molar-refractivity contribution is 0.264. The first kappa shape index (κ1) is 6.37. The molecule has 0 aliphatic heterocycles. The van der Waals surface area contributed by atoms with E-state index in [1.807, 2.05) is 13.8 Å². The summed E-state index contributed by atoms with van der Waals surface area (Å²) in [6.45, 7) is 5.30. The molecule has 35 valence electrons. The zero-order valence-electron chi connectivity index (χ0n) is 4.01. The summed E-state index contributed by atoms with van der Waals surface area (Å²) in [4.78, 5) is 0. The molecule has 1 nitrogen and oxygen atoms in total. The standard InChI is InChI=1S/C3H8BOS/c1-3(2)5-4-6/h3,6H,1-2H3. The molecule has 0 saturated heterocycles. The van der Waals surface area contributed by atoms with Crippen LogP contribution in [0.4, 0.5) is 0 Å². The van der Waals surface area contributed by atoms with Crippen molar-refractivity contribution in [3.63, 3.8) is 0 Å². The molecule has 0 aliphatic rings. The van der Waals surface area contributed by atoms with Gasteiger partial charge in [0.1, 0.15) is 0 Å². The van der Waals surface area contributed by atoms with Crippen LogP contribution in [0.3, 0.4) is 0 Å². The highest BCUT2D eigenvalue weighted by atomic mass is 32.1. The van der Waals surface area contributed by atoms with Crippen LogP contribution in [0.1, 0.15) is 13.8 Å². The van der Waals surface area contributed by atoms with E-state index in [2.05, 4.69) is 12.5 Å². The molecule has 0 unspecified atom stereocenters.